The SMILES string of the molecule is CCN1CC(=O)OCC1=O. The van der Waals surface area contributed by atoms with Crippen LogP contribution < -0.4 is 0 Å². The standard InChI is InChI=1S/C6H9NO3/c1-2-7-3-6(9)10-4-5(7)8/h2-4H2,1H3. The minimum Gasteiger partial charge on any atom is -0.454 e. The molecule has 0 spiro atoms. The fourth-order valence-corrected chi connectivity index (χ4v) is 0.811. The molecule has 0 radical (unpaired) electrons. The lowest BCUT2D eigenvalue weighted by Gasteiger charge is -2.23. The summed E-state index contributed by atoms with van der Waals surface area (Å²) in [7, 11) is 0. The van der Waals surface area contributed by atoms with Gasteiger partial charge in [0.1, 0.15) is 6.54 Å². The van der Waals surface area contributed by atoms with E-state index in [9.17, 15) is 9.59 Å². The number of esters is 1. The number of carbonyl (C=O) groups is 2. The topological polar surface area (TPSA) is 46.6 Å². The lowest BCUT2D eigenvalue weighted by Crippen LogP contribution is -2.44. The van der Waals surface area contributed by atoms with Crippen molar-refractivity contribution in [3.8, 4) is 0 Å². The highest BCUT2D eigenvalue weighted by atomic mass is 16.5. The zero-order valence-corrected chi connectivity index (χ0v) is 5.79. The van der Waals surface area contributed by atoms with E-state index in [1.807, 2.05) is 6.92 Å². The van der Waals surface area contributed by atoms with Gasteiger partial charge in [-0.25, -0.2) is 0 Å². The first-order valence-corrected chi connectivity index (χ1v) is 3.17. The number of ether oxygens (including phenoxy) is 1. The van der Waals surface area contributed by atoms with Gasteiger partial charge in [0.25, 0.3) is 5.91 Å². The lowest BCUT2D eigenvalue weighted by atomic mass is 10.4. The van der Waals surface area contributed by atoms with Crippen LogP contribution in [0.1, 0.15) is 6.92 Å². The average Bonchev–Trinajstić information content (AvgIpc) is 1.94. The Hall–Kier alpha value is -1.06. The maximum atomic E-state index is 10.8. The average molecular weight is 143 g/mol. The first-order chi connectivity index (χ1) is 4.74. The van der Waals surface area contributed by atoms with Gasteiger partial charge in [-0.3, -0.25) is 9.59 Å². The molecule has 4 nitrogen and oxygen atoms in total. The quantitative estimate of drug-likeness (QED) is 0.460. The molecule has 0 bridgehead atoms. The summed E-state index contributed by atoms with van der Waals surface area (Å²) in [5, 5.41) is 0. The summed E-state index contributed by atoms with van der Waals surface area (Å²) in [6.07, 6.45) is 0. The highest BCUT2D eigenvalue weighted by Crippen LogP contribution is 1.98. The van der Waals surface area contributed by atoms with Gasteiger partial charge in [-0.15, -0.1) is 0 Å². The van der Waals surface area contributed by atoms with E-state index in [1.54, 1.807) is 0 Å². The second kappa shape index (κ2) is 2.68. The lowest BCUT2D eigenvalue weighted by molar-refractivity contribution is -0.162. The maximum absolute atomic E-state index is 10.8. The molecule has 0 aromatic carbocycles. The monoisotopic (exact) mass is 143 g/mol. The van der Waals surface area contributed by atoms with Gasteiger partial charge in [0.15, 0.2) is 6.61 Å². The van der Waals surface area contributed by atoms with E-state index in [-0.39, 0.29) is 25.0 Å². The smallest absolute Gasteiger partial charge is 0.326 e. The van der Waals surface area contributed by atoms with Gasteiger partial charge in [-0.05, 0) is 6.92 Å². The van der Waals surface area contributed by atoms with E-state index in [4.69, 9.17) is 0 Å². The predicted octanol–water partition coefficient (Wildman–Crippen LogP) is -0.608. The molecule has 1 fully saturated rings. The molecule has 0 unspecified atom stereocenters. The van der Waals surface area contributed by atoms with Crippen molar-refractivity contribution >= 4 is 11.9 Å². The Bertz CT molecular complexity index is 166. The molecule has 4 heteroatoms. The van der Waals surface area contributed by atoms with Crippen molar-refractivity contribution in [1.29, 1.82) is 0 Å². The normalized spacial score (nSPS) is 19.1. The number of cyclic esters (lactones) is 1. The number of carbonyl (C=O) groups excluding carboxylic acids is 2. The first kappa shape index (κ1) is 7.05. The minimum atomic E-state index is -0.318. The second-order valence-corrected chi connectivity index (χ2v) is 2.07. The van der Waals surface area contributed by atoms with Gasteiger partial charge in [0.2, 0.25) is 0 Å². The highest BCUT2D eigenvalue weighted by molar-refractivity contribution is 5.87. The van der Waals surface area contributed by atoms with Crippen LogP contribution in [0.15, 0.2) is 0 Å². The van der Waals surface area contributed by atoms with Crippen LogP contribution in [0.2, 0.25) is 0 Å². The van der Waals surface area contributed by atoms with Crippen molar-refractivity contribution in [3.05, 3.63) is 0 Å². The fourth-order valence-electron chi connectivity index (χ4n) is 0.811. The highest BCUT2D eigenvalue weighted by Gasteiger charge is 2.22. The molecule has 1 saturated heterocycles. The summed E-state index contributed by atoms with van der Waals surface area (Å²) in [5.74, 6) is -0.427. The van der Waals surface area contributed by atoms with Gasteiger partial charge in [-0.1, -0.05) is 0 Å². The van der Waals surface area contributed by atoms with E-state index < -0.39 is 0 Å². The van der Waals surface area contributed by atoms with E-state index in [2.05, 4.69) is 4.74 Å². The molecule has 1 aliphatic heterocycles. The molecule has 1 amide bonds. The first-order valence-electron chi connectivity index (χ1n) is 3.17. The summed E-state index contributed by atoms with van der Waals surface area (Å²) >= 11 is 0. The van der Waals surface area contributed by atoms with Gasteiger partial charge < -0.3 is 9.64 Å². The van der Waals surface area contributed by atoms with Crippen molar-refractivity contribution in [3.63, 3.8) is 0 Å². The Morgan fingerprint density at radius 2 is 2.30 bits per heavy atom. The molecule has 10 heavy (non-hydrogen) atoms. The Kier molecular flexibility index (Phi) is 1.89. The van der Waals surface area contributed by atoms with Crippen LogP contribution in [0.3, 0.4) is 0 Å². The summed E-state index contributed by atoms with van der Waals surface area (Å²) in [4.78, 5) is 22.8. The van der Waals surface area contributed by atoms with Crippen LogP contribution in [0, 0.1) is 0 Å². The van der Waals surface area contributed by atoms with Crippen LogP contribution in [0.25, 0.3) is 0 Å². The number of likely N-dealkylation sites (N-methyl/N-ethyl adjacent to an activating group) is 1. The molecule has 0 aromatic heterocycles. The molecular weight excluding hydrogens is 134 g/mol. The second-order valence-electron chi connectivity index (χ2n) is 2.07. The van der Waals surface area contributed by atoms with Crippen molar-refractivity contribution in [2.75, 3.05) is 19.7 Å². The number of morpholine rings is 1. The van der Waals surface area contributed by atoms with Gasteiger partial charge in [0.05, 0.1) is 0 Å². The maximum Gasteiger partial charge on any atom is 0.326 e. The third kappa shape index (κ3) is 1.26. The Morgan fingerprint density at radius 1 is 1.60 bits per heavy atom. The molecule has 0 saturated carbocycles. The van der Waals surface area contributed by atoms with E-state index >= 15 is 0 Å². The third-order valence-electron chi connectivity index (χ3n) is 1.41. The van der Waals surface area contributed by atoms with Crippen molar-refractivity contribution in [2.45, 2.75) is 6.92 Å². The van der Waals surface area contributed by atoms with Crippen LogP contribution in [-0.2, 0) is 14.3 Å². The van der Waals surface area contributed by atoms with Gasteiger partial charge in [-0.2, -0.15) is 0 Å². The molecule has 0 atom stereocenters. The summed E-state index contributed by atoms with van der Waals surface area (Å²) in [5.41, 5.74) is 0. The number of hydrogen-bond acceptors (Lipinski definition) is 3. The summed E-state index contributed by atoms with van der Waals surface area (Å²) in [6, 6.07) is 0. The van der Waals surface area contributed by atoms with Crippen LogP contribution in [0.5, 0.6) is 0 Å². The number of amides is 1. The Balaban J connectivity index is 2.53. The van der Waals surface area contributed by atoms with Crippen LogP contribution in [-0.4, -0.2) is 36.5 Å². The van der Waals surface area contributed by atoms with Crippen molar-refractivity contribution in [2.24, 2.45) is 0 Å². The largest absolute Gasteiger partial charge is 0.454 e. The molecule has 0 aliphatic carbocycles. The van der Waals surface area contributed by atoms with Gasteiger partial charge >= 0.3 is 5.97 Å². The molecule has 0 N–H and O–H groups in total. The zero-order chi connectivity index (χ0) is 7.56. The zero-order valence-electron chi connectivity index (χ0n) is 5.79. The molecule has 1 aliphatic rings. The number of hydrogen-bond donors (Lipinski definition) is 0. The predicted molar refractivity (Wildman–Crippen MR) is 33.2 cm³/mol. The van der Waals surface area contributed by atoms with Crippen LogP contribution >= 0.6 is 0 Å². The van der Waals surface area contributed by atoms with Crippen molar-refractivity contribution < 1.29 is 14.3 Å². The molecule has 56 valence electrons. The van der Waals surface area contributed by atoms with E-state index in [0.717, 1.165) is 0 Å². The Morgan fingerprint density at radius 3 is 2.80 bits per heavy atom. The van der Waals surface area contributed by atoms with Crippen molar-refractivity contribution in [1.82, 2.24) is 4.90 Å². The third-order valence-corrected chi connectivity index (χ3v) is 1.41. The Labute approximate surface area is 58.8 Å². The number of nitrogens with zero attached hydrogens (tertiary/aromatic N) is 1. The summed E-state index contributed by atoms with van der Waals surface area (Å²) in [6.45, 7) is 2.42. The van der Waals surface area contributed by atoms with E-state index in [1.165, 1.54) is 4.90 Å². The molecule has 1 heterocycles. The molecule has 1 rings (SSSR count). The van der Waals surface area contributed by atoms with Gasteiger partial charge in [0, 0.05) is 6.54 Å². The molecule has 0 aromatic rings. The molecular formula is C6H9NO3. The fraction of sp³-hybridized carbons (Fsp3) is 0.667. The minimum absolute atomic E-state index is 0.0906. The van der Waals surface area contributed by atoms with E-state index in [0.29, 0.717) is 6.54 Å². The van der Waals surface area contributed by atoms with Crippen LogP contribution in [0.4, 0.5) is 0 Å². The number of rotatable bonds is 1. The summed E-state index contributed by atoms with van der Waals surface area (Å²) < 4.78 is 4.49.